The monoisotopic (exact) mass is 386 g/mol. The largest absolute Gasteiger partial charge is 0.497 e. The van der Waals surface area contributed by atoms with Crippen LogP contribution in [-0.2, 0) is 9.53 Å². The summed E-state index contributed by atoms with van der Waals surface area (Å²) >= 11 is 1.36. The van der Waals surface area contributed by atoms with Crippen LogP contribution in [0.4, 0.5) is 5.13 Å². The van der Waals surface area contributed by atoms with Crippen molar-refractivity contribution in [2.75, 3.05) is 25.6 Å². The van der Waals surface area contributed by atoms with Crippen LogP contribution >= 0.6 is 11.3 Å². The van der Waals surface area contributed by atoms with Crippen molar-refractivity contribution in [1.82, 2.24) is 4.98 Å². The van der Waals surface area contributed by atoms with Gasteiger partial charge in [-0.05, 0) is 49.4 Å². The first-order valence-electron chi connectivity index (χ1n) is 8.23. The lowest BCUT2D eigenvalue weighted by Gasteiger charge is -2.07. The van der Waals surface area contributed by atoms with Crippen LogP contribution in [0.5, 0.6) is 11.5 Å². The number of rotatable bonds is 7. The molecular formula is C19H18N2O5S. The van der Waals surface area contributed by atoms with Gasteiger partial charge in [0.2, 0.25) is 0 Å². The van der Waals surface area contributed by atoms with E-state index in [9.17, 15) is 9.59 Å². The first kappa shape index (κ1) is 18.7. The molecule has 0 aliphatic carbocycles. The maximum Gasteiger partial charge on any atom is 0.338 e. The SMILES string of the molecule is CCOC(=O)c1ccc(OCC(=O)Nc2nc3ccc(OC)cc3s2)cc1. The number of nitrogens with zero attached hydrogens (tertiary/aromatic N) is 1. The third-order valence-corrected chi connectivity index (χ3v) is 4.51. The minimum Gasteiger partial charge on any atom is -0.497 e. The van der Waals surface area contributed by atoms with E-state index in [4.69, 9.17) is 14.2 Å². The Labute approximate surface area is 159 Å². The number of amides is 1. The quantitative estimate of drug-likeness (QED) is 0.626. The van der Waals surface area contributed by atoms with Gasteiger partial charge in [0.1, 0.15) is 11.5 Å². The summed E-state index contributed by atoms with van der Waals surface area (Å²) in [4.78, 5) is 28.0. The van der Waals surface area contributed by atoms with Crippen molar-refractivity contribution in [3.05, 3.63) is 48.0 Å². The molecule has 3 rings (SSSR count). The molecule has 8 heteroatoms. The van der Waals surface area contributed by atoms with E-state index < -0.39 is 5.97 Å². The minimum absolute atomic E-state index is 0.169. The molecule has 140 valence electrons. The van der Waals surface area contributed by atoms with Gasteiger partial charge in [0.05, 0.1) is 29.5 Å². The topological polar surface area (TPSA) is 86.8 Å². The highest BCUT2D eigenvalue weighted by atomic mass is 32.1. The van der Waals surface area contributed by atoms with Gasteiger partial charge in [0.15, 0.2) is 11.7 Å². The van der Waals surface area contributed by atoms with Crippen molar-refractivity contribution < 1.29 is 23.8 Å². The fourth-order valence-electron chi connectivity index (χ4n) is 2.29. The summed E-state index contributed by atoms with van der Waals surface area (Å²) in [5.41, 5.74) is 1.21. The van der Waals surface area contributed by atoms with Gasteiger partial charge in [0.25, 0.3) is 5.91 Å². The third kappa shape index (κ3) is 4.73. The first-order chi connectivity index (χ1) is 13.1. The molecular weight excluding hydrogens is 368 g/mol. The van der Waals surface area contributed by atoms with Crippen LogP contribution < -0.4 is 14.8 Å². The second-order valence-electron chi connectivity index (χ2n) is 5.43. The van der Waals surface area contributed by atoms with Gasteiger partial charge in [-0.15, -0.1) is 0 Å². The van der Waals surface area contributed by atoms with Crippen molar-refractivity contribution in [2.45, 2.75) is 6.92 Å². The standard InChI is InChI=1S/C19H18N2O5S/c1-3-25-18(23)12-4-6-13(7-5-12)26-11-17(22)21-19-20-15-9-8-14(24-2)10-16(15)27-19/h4-10H,3,11H2,1-2H3,(H,20,21,22). The first-order valence-corrected chi connectivity index (χ1v) is 9.05. The van der Waals surface area contributed by atoms with E-state index >= 15 is 0 Å². The van der Waals surface area contributed by atoms with Crippen LogP contribution in [0.15, 0.2) is 42.5 Å². The Morgan fingerprint density at radius 3 is 2.56 bits per heavy atom. The molecule has 3 aromatic rings. The lowest BCUT2D eigenvalue weighted by atomic mass is 10.2. The normalized spacial score (nSPS) is 10.4. The molecule has 7 nitrogen and oxygen atoms in total. The number of aromatic nitrogens is 1. The molecule has 0 atom stereocenters. The summed E-state index contributed by atoms with van der Waals surface area (Å²) in [6.45, 7) is 1.89. The number of esters is 1. The number of anilines is 1. The molecule has 0 unspecified atom stereocenters. The van der Waals surface area contributed by atoms with Gasteiger partial charge in [-0.25, -0.2) is 9.78 Å². The Morgan fingerprint density at radius 2 is 1.85 bits per heavy atom. The zero-order valence-corrected chi connectivity index (χ0v) is 15.7. The summed E-state index contributed by atoms with van der Waals surface area (Å²) in [6.07, 6.45) is 0. The van der Waals surface area contributed by atoms with Gasteiger partial charge in [-0.1, -0.05) is 11.3 Å². The van der Waals surface area contributed by atoms with E-state index in [0.717, 1.165) is 16.0 Å². The van der Waals surface area contributed by atoms with Gasteiger partial charge in [-0.2, -0.15) is 0 Å². The molecule has 1 heterocycles. The van der Waals surface area contributed by atoms with E-state index in [0.29, 0.717) is 23.1 Å². The van der Waals surface area contributed by atoms with Gasteiger partial charge in [0, 0.05) is 0 Å². The molecule has 0 radical (unpaired) electrons. The molecule has 0 bridgehead atoms. The van der Waals surface area contributed by atoms with Crippen LogP contribution in [0.2, 0.25) is 0 Å². The van der Waals surface area contributed by atoms with E-state index in [1.807, 2.05) is 18.2 Å². The lowest BCUT2D eigenvalue weighted by Crippen LogP contribution is -2.20. The van der Waals surface area contributed by atoms with Crippen LogP contribution in [0.1, 0.15) is 17.3 Å². The lowest BCUT2D eigenvalue weighted by molar-refractivity contribution is -0.118. The van der Waals surface area contributed by atoms with E-state index in [1.54, 1.807) is 38.3 Å². The Balaban J connectivity index is 1.56. The zero-order chi connectivity index (χ0) is 19.2. The number of carbonyl (C=O) groups excluding carboxylic acids is 2. The molecule has 1 N–H and O–H groups in total. The van der Waals surface area contributed by atoms with Crippen molar-refractivity contribution in [3.63, 3.8) is 0 Å². The summed E-state index contributed by atoms with van der Waals surface area (Å²) in [5, 5.41) is 3.20. The molecule has 0 saturated heterocycles. The van der Waals surface area contributed by atoms with Crippen molar-refractivity contribution in [3.8, 4) is 11.5 Å². The average molecular weight is 386 g/mol. The second kappa shape index (κ2) is 8.50. The highest BCUT2D eigenvalue weighted by Gasteiger charge is 2.10. The highest BCUT2D eigenvalue weighted by Crippen LogP contribution is 2.29. The maximum atomic E-state index is 12.1. The van der Waals surface area contributed by atoms with Crippen LogP contribution in [0, 0.1) is 0 Å². The molecule has 2 aromatic carbocycles. The molecule has 27 heavy (non-hydrogen) atoms. The summed E-state index contributed by atoms with van der Waals surface area (Å²) in [7, 11) is 1.60. The molecule has 0 fully saturated rings. The molecule has 0 spiro atoms. The third-order valence-electron chi connectivity index (χ3n) is 3.58. The number of benzene rings is 2. The van der Waals surface area contributed by atoms with Crippen molar-refractivity contribution >= 4 is 38.6 Å². The van der Waals surface area contributed by atoms with Crippen molar-refractivity contribution in [2.24, 2.45) is 0 Å². The fourth-order valence-corrected chi connectivity index (χ4v) is 3.20. The van der Waals surface area contributed by atoms with Crippen LogP contribution in [0.3, 0.4) is 0 Å². The second-order valence-corrected chi connectivity index (χ2v) is 6.47. The van der Waals surface area contributed by atoms with Crippen molar-refractivity contribution in [1.29, 1.82) is 0 Å². The molecule has 0 aliphatic rings. The predicted molar refractivity (Wildman–Crippen MR) is 103 cm³/mol. The van der Waals surface area contributed by atoms with Gasteiger partial charge < -0.3 is 14.2 Å². The number of hydrogen-bond acceptors (Lipinski definition) is 7. The van der Waals surface area contributed by atoms with Gasteiger partial charge in [-0.3, -0.25) is 10.1 Å². The minimum atomic E-state index is -0.394. The Bertz CT molecular complexity index is 952. The van der Waals surface area contributed by atoms with E-state index in [2.05, 4.69) is 10.3 Å². The van der Waals surface area contributed by atoms with Crippen LogP contribution in [-0.4, -0.2) is 37.2 Å². The number of fused-ring (bicyclic) bond motifs is 1. The number of thiazole rings is 1. The Hall–Kier alpha value is -3.13. The molecule has 0 saturated carbocycles. The Morgan fingerprint density at radius 1 is 1.11 bits per heavy atom. The maximum absolute atomic E-state index is 12.1. The van der Waals surface area contributed by atoms with Gasteiger partial charge >= 0.3 is 5.97 Å². The number of methoxy groups -OCH3 is 1. The summed E-state index contributed by atoms with van der Waals surface area (Å²) in [6, 6.07) is 11.9. The fraction of sp³-hybridized carbons (Fsp3) is 0.211. The average Bonchev–Trinajstić information content (AvgIpc) is 3.08. The molecule has 1 aromatic heterocycles. The number of nitrogens with one attached hydrogen (secondary N) is 1. The highest BCUT2D eigenvalue weighted by molar-refractivity contribution is 7.22. The van der Waals surface area contributed by atoms with Crippen LogP contribution in [0.25, 0.3) is 10.2 Å². The number of hydrogen-bond donors (Lipinski definition) is 1. The number of ether oxygens (including phenoxy) is 3. The summed E-state index contributed by atoms with van der Waals surface area (Å²) < 4.78 is 16.4. The predicted octanol–water partition coefficient (Wildman–Crippen LogP) is 3.50. The zero-order valence-electron chi connectivity index (χ0n) is 14.9. The Kier molecular flexibility index (Phi) is 5.87. The number of carbonyl (C=O) groups is 2. The molecule has 0 aliphatic heterocycles. The van der Waals surface area contributed by atoms with E-state index in [-0.39, 0.29) is 12.5 Å². The molecule has 1 amide bonds. The smallest absolute Gasteiger partial charge is 0.338 e. The summed E-state index contributed by atoms with van der Waals surface area (Å²) in [5.74, 6) is 0.496. The van der Waals surface area contributed by atoms with E-state index in [1.165, 1.54) is 11.3 Å².